The SMILES string of the molecule is O=C(Nc1nc(C(=O)Nc2nc3cc4c(cc3[nH]2)OC(F)(F)O4)ns1)c1ccc(F)cc1. The van der Waals surface area contributed by atoms with Crippen LogP contribution in [0, 0.1) is 5.82 Å². The second-order valence-corrected chi connectivity index (χ2v) is 7.16. The van der Waals surface area contributed by atoms with Crippen molar-refractivity contribution in [1.82, 2.24) is 19.3 Å². The highest BCUT2D eigenvalue weighted by Crippen LogP contribution is 2.42. The maximum atomic E-state index is 13.1. The molecule has 0 bridgehead atoms. The molecule has 0 atom stereocenters. The minimum absolute atomic E-state index is 0.00660. The van der Waals surface area contributed by atoms with E-state index in [-0.39, 0.29) is 39.5 Å². The fourth-order valence-electron chi connectivity index (χ4n) is 2.81. The lowest BCUT2D eigenvalue weighted by Crippen LogP contribution is -2.25. The maximum absolute atomic E-state index is 13.1. The lowest BCUT2D eigenvalue weighted by Gasteiger charge is -2.04. The van der Waals surface area contributed by atoms with E-state index in [0.717, 1.165) is 23.7 Å². The molecule has 0 spiro atoms. The highest BCUT2D eigenvalue weighted by molar-refractivity contribution is 7.10. The number of hydrogen-bond acceptors (Lipinski definition) is 8. The minimum Gasteiger partial charge on any atom is -0.395 e. The third-order valence-corrected chi connectivity index (χ3v) is 4.82. The molecule has 2 aromatic heterocycles. The number of hydrogen-bond donors (Lipinski definition) is 3. The van der Waals surface area contributed by atoms with Crippen LogP contribution in [0.3, 0.4) is 0 Å². The van der Waals surface area contributed by atoms with Gasteiger partial charge in [-0.15, -0.1) is 8.78 Å². The number of nitrogens with zero attached hydrogens (tertiary/aromatic N) is 3. The molecule has 32 heavy (non-hydrogen) atoms. The zero-order valence-electron chi connectivity index (χ0n) is 15.5. The Hall–Kier alpha value is -4.20. The maximum Gasteiger partial charge on any atom is 0.586 e. The number of aromatic amines is 1. The van der Waals surface area contributed by atoms with Gasteiger partial charge in [-0.05, 0) is 24.3 Å². The van der Waals surface area contributed by atoms with Gasteiger partial charge in [0.15, 0.2) is 11.5 Å². The van der Waals surface area contributed by atoms with Gasteiger partial charge < -0.3 is 14.5 Å². The number of nitrogens with one attached hydrogen (secondary N) is 3. The molecule has 5 rings (SSSR count). The number of ether oxygens (including phenoxy) is 2. The Bertz CT molecular complexity index is 1330. The average Bonchev–Trinajstić information content (AvgIpc) is 3.41. The van der Waals surface area contributed by atoms with Crippen LogP contribution in [0.15, 0.2) is 36.4 Å². The van der Waals surface area contributed by atoms with Gasteiger partial charge in [-0.2, -0.15) is 9.36 Å². The van der Waals surface area contributed by atoms with Gasteiger partial charge in [0.2, 0.25) is 16.9 Å². The van der Waals surface area contributed by atoms with E-state index in [1.54, 1.807) is 0 Å². The van der Waals surface area contributed by atoms with Crippen molar-refractivity contribution in [2.24, 2.45) is 0 Å². The summed E-state index contributed by atoms with van der Waals surface area (Å²) >= 11 is 0.771. The van der Waals surface area contributed by atoms with Crippen molar-refractivity contribution >= 4 is 45.5 Å². The van der Waals surface area contributed by atoms with Crippen molar-refractivity contribution in [3.63, 3.8) is 0 Å². The zero-order chi connectivity index (χ0) is 22.5. The number of carbonyl (C=O) groups is 2. The molecule has 3 N–H and O–H groups in total. The standard InChI is InChI=1S/C18H9F3N6O4S/c19-8-3-1-7(2-4-8)14(28)26-17-24-13(27-32-17)15(29)25-16-22-9-5-11-12(6-10(9)23-16)31-18(20,21)30-11/h1-6H,(H2,22,23,25,29)(H,24,26,27,28). The first-order valence-corrected chi connectivity index (χ1v) is 9.55. The summed E-state index contributed by atoms with van der Waals surface area (Å²) in [5.41, 5.74) is 0.769. The van der Waals surface area contributed by atoms with E-state index in [1.165, 1.54) is 24.3 Å². The Kier molecular flexibility index (Phi) is 4.44. The molecule has 1 aliphatic heterocycles. The molecular weight excluding hydrogens is 453 g/mol. The summed E-state index contributed by atoms with van der Waals surface area (Å²) in [6.07, 6.45) is -3.75. The summed E-state index contributed by atoms with van der Waals surface area (Å²) < 4.78 is 51.9. The van der Waals surface area contributed by atoms with Crippen molar-refractivity contribution < 1.29 is 32.2 Å². The van der Waals surface area contributed by atoms with Crippen LogP contribution in [0.25, 0.3) is 11.0 Å². The number of rotatable bonds is 4. The molecule has 0 aliphatic carbocycles. The summed E-state index contributed by atoms with van der Waals surface area (Å²) in [6, 6.07) is 7.38. The first kappa shape index (κ1) is 19.7. The number of fused-ring (bicyclic) bond motifs is 2. The van der Waals surface area contributed by atoms with Crippen LogP contribution in [0.5, 0.6) is 11.5 Å². The predicted octanol–water partition coefficient (Wildman–Crippen LogP) is 3.38. The van der Waals surface area contributed by atoms with E-state index in [9.17, 15) is 22.8 Å². The summed E-state index contributed by atoms with van der Waals surface area (Å²) in [5.74, 6) is -2.35. The number of aromatic nitrogens is 4. The lowest BCUT2D eigenvalue weighted by molar-refractivity contribution is -0.286. The van der Waals surface area contributed by atoms with Crippen LogP contribution in [-0.4, -0.2) is 37.4 Å². The Morgan fingerprint density at radius 1 is 1.00 bits per heavy atom. The normalized spacial score (nSPS) is 13.8. The van der Waals surface area contributed by atoms with E-state index in [1.807, 2.05) is 0 Å². The number of imidazole rings is 1. The fourth-order valence-corrected chi connectivity index (χ4v) is 3.38. The topological polar surface area (TPSA) is 131 Å². The molecule has 2 amide bonds. The molecule has 0 saturated heterocycles. The van der Waals surface area contributed by atoms with Crippen molar-refractivity contribution in [3.8, 4) is 11.5 Å². The summed E-state index contributed by atoms with van der Waals surface area (Å²) in [7, 11) is 0. The largest absolute Gasteiger partial charge is 0.586 e. The average molecular weight is 462 g/mol. The Labute approximate surface area is 179 Å². The second kappa shape index (κ2) is 7.19. The molecule has 162 valence electrons. The fraction of sp³-hybridized carbons (Fsp3) is 0.0556. The van der Waals surface area contributed by atoms with Crippen molar-refractivity contribution in [3.05, 3.63) is 53.6 Å². The Morgan fingerprint density at radius 3 is 2.47 bits per heavy atom. The molecule has 3 heterocycles. The first-order chi connectivity index (χ1) is 15.3. The number of benzene rings is 2. The molecule has 10 nitrogen and oxygen atoms in total. The van der Waals surface area contributed by atoms with Crippen LogP contribution in [-0.2, 0) is 0 Å². The number of halogens is 3. The van der Waals surface area contributed by atoms with Gasteiger partial charge in [-0.25, -0.2) is 9.37 Å². The highest BCUT2D eigenvalue weighted by atomic mass is 32.1. The number of H-pyrrole nitrogens is 1. The van der Waals surface area contributed by atoms with Crippen LogP contribution < -0.4 is 20.1 Å². The minimum atomic E-state index is -3.75. The van der Waals surface area contributed by atoms with E-state index in [0.29, 0.717) is 5.52 Å². The summed E-state index contributed by atoms with van der Waals surface area (Å²) in [5, 5.41) is 4.95. The molecular formula is C18H9F3N6O4S. The van der Waals surface area contributed by atoms with Gasteiger partial charge in [-0.3, -0.25) is 20.2 Å². The van der Waals surface area contributed by atoms with Crippen LogP contribution >= 0.6 is 11.5 Å². The highest BCUT2D eigenvalue weighted by Gasteiger charge is 2.43. The molecule has 2 aromatic carbocycles. The van der Waals surface area contributed by atoms with Crippen LogP contribution in [0.2, 0.25) is 0 Å². The zero-order valence-corrected chi connectivity index (χ0v) is 16.3. The van der Waals surface area contributed by atoms with E-state index >= 15 is 0 Å². The van der Waals surface area contributed by atoms with Crippen LogP contribution in [0.4, 0.5) is 24.3 Å². The van der Waals surface area contributed by atoms with Gasteiger partial charge in [0.05, 0.1) is 11.0 Å². The number of alkyl halides is 2. The van der Waals surface area contributed by atoms with Gasteiger partial charge in [0, 0.05) is 29.2 Å². The number of anilines is 2. The molecule has 0 unspecified atom stereocenters. The van der Waals surface area contributed by atoms with E-state index in [2.05, 4.69) is 39.4 Å². The van der Waals surface area contributed by atoms with Crippen molar-refractivity contribution in [1.29, 1.82) is 0 Å². The van der Waals surface area contributed by atoms with Gasteiger partial charge >= 0.3 is 6.29 Å². The molecule has 14 heteroatoms. The van der Waals surface area contributed by atoms with Crippen molar-refractivity contribution in [2.75, 3.05) is 10.6 Å². The number of amides is 2. The quantitative estimate of drug-likeness (QED) is 0.424. The smallest absolute Gasteiger partial charge is 0.395 e. The first-order valence-electron chi connectivity index (χ1n) is 8.77. The third-order valence-electron chi connectivity index (χ3n) is 4.19. The van der Waals surface area contributed by atoms with Gasteiger partial charge in [-0.1, -0.05) is 0 Å². The Balaban J connectivity index is 1.27. The predicted molar refractivity (Wildman–Crippen MR) is 105 cm³/mol. The molecule has 1 aliphatic rings. The van der Waals surface area contributed by atoms with Gasteiger partial charge in [0.1, 0.15) is 5.82 Å². The molecule has 0 saturated carbocycles. The van der Waals surface area contributed by atoms with E-state index < -0.39 is 23.9 Å². The second-order valence-electron chi connectivity index (χ2n) is 6.41. The number of carbonyl (C=O) groups excluding carboxylic acids is 2. The molecule has 4 aromatic rings. The van der Waals surface area contributed by atoms with E-state index in [4.69, 9.17) is 0 Å². The van der Waals surface area contributed by atoms with Gasteiger partial charge in [0.25, 0.3) is 11.8 Å². The summed E-state index contributed by atoms with van der Waals surface area (Å²) in [6.45, 7) is 0. The molecule has 0 radical (unpaired) electrons. The van der Waals surface area contributed by atoms with Crippen LogP contribution in [0.1, 0.15) is 21.0 Å². The third kappa shape index (κ3) is 3.78. The summed E-state index contributed by atoms with van der Waals surface area (Å²) in [4.78, 5) is 35.3. The Morgan fingerprint density at radius 2 is 1.72 bits per heavy atom. The van der Waals surface area contributed by atoms with Crippen molar-refractivity contribution in [2.45, 2.75) is 6.29 Å². The monoisotopic (exact) mass is 462 g/mol. The molecule has 0 fully saturated rings. The lowest BCUT2D eigenvalue weighted by atomic mass is 10.2.